The number of nitrogens with two attached hydrogens (primary N) is 1. The monoisotopic (exact) mass is 181 g/mol. The quantitative estimate of drug-likeness (QED) is 0.708. The van der Waals surface area contributed by atoms with E-state index < -0.39 is 5.54 Å². The van der Waals surface area contributed by atoms with Gasteiger partial charge in [0.2, 0.25) is 0 Å². The predicted octanol–water partition coefficient (Wildman–Crippen LogP) is 2.02. The van der Waals surface area contributed by atoms with Crippen molar-refractivity contribution in [3.8, 4) is 0 Å². The van der Waals surface area contributed by atoms with E-state index in [1.54, 1.807) is 0 Å². The number of hydrogen-bond donors (Lipinski definition) is 1. The summed E-state index contributed by atoms with van der Waals surface area (Å²) in [5.74, 6) is 0.678. The number of ketones is 1. The number of carbonyl (C=O) groups excluding carboxylic acids is 1. The van der Waals surface area contributed by atoms with Crippen molar-refractivity contribution in [2.24, 2.45) is 11.7 Å². The van der Waals surface area contributed by atoms with Crippen LogP contribution < -0.4 is 5.73 Å². The second-order valence-electron chi connectivity index (χ2n) is 4.71. The molecule has 2 fully saturated rings. The van der Waals surface area contributed by atoms with Crippen LogP contribution >= 0.6 is 0 Å². The van der Waals surface area contributed by atoms with E-state index in [4.69, 9.17) is 5.73 Å². The number of carbonyl (C=O) groups is 1. The van der Waals surface area contributed by atoms with Crippen LogP contribution in [0, 0.1) is 5.92 Å². The molecule has 0 heterocycles. The summed E-state index contributed by atoms with van der Waals surface area (Å²) in [6.07, 6.45) is 8.97. The Kier molecular flexibility index (Phi) is 2.41. The molecule has 2 aliphatic carbocycles. The molecular formula is C11H19NO. The van der Waals surface area contributed by atoms with Crippen molar-refractivity contribution in [3.63, 3.8) is 0 Å². The largest absolute Gasteiger partial charge is 0.319 e. The normalized spacial score (nSPS) is 28.1. The van der Waals surface area contributed by atoms with Gasteiger partial charge in [0.25, 0.3) is 0 Å². The molecule has 2 N–H and O–H groups in total. The molecule has 2 rings (SSSR count). The third-order valence-electron chi connectivity index (χ3n) is 3.71. The predicted molar refractivity (Wildman–Crippen MR) is 52.4 cm³/mol. The molecule has 0 unspecified atom stereocenters. The SMILES string of the molecule is NC1(C(=O)C2CCCCC2)CCC1. The molecule has 0 aromatic carbocycles. The van der Waals surface area contributed by atoms with Crippen LogP contribution in [0.4, 0.5) is 0 Å². The van der Waals surface area contributed by atoms with Gasteiger partial charge in [-0.3, -0.25) is 4.79 Å². The number of hydrogen-bond acceptors (Lipinski definition) is 2. The van der Waals surface area contributed by atoms with E-state index in [9.17, 15) is 4.79 Å². The van der Waals surface area contributed by atoms with Crippen LogP contribution in [0.3, 0.4) is 0 Å². The zero-order valence-corrected chi connectivity index (χ0v) is 8.22. The van der Waals surface area contributed by atoms with Crippen LogP contribution in [0.5, 0.6) is 0 Å². The summed E-state index contributed by atoms with van der Waals surface area (Å²) < 4.78 is 0. The zero-order chi connectivity index (χ0) is 9.31. The van der Waals surface area contributed by atoms with Crippen molar-refractivity contribution >= 4 is 5.78 Å². The maximum Gasteiger partial charge on any atom is 0.155 e. The second kappa shape index (κ2) is 3.41. The molecule has 74 valence electrons. The first kappa shape index (κ1) is 9.20. The average Bonchev–Trinajstić information content (AvgIpc) is 2.14. The van der Waals surface area contributed by atoms with E-state index >= 15 is 0 Å². The van der Waals surface area contributed by atoms with Gasteiger partial charge in [-0.05, 0) is 32.1 Å². The first-order valence-corrected chi connectivity index (χ1v) is 5.56. The van der Waals surface area contributed by atoms with Crippen molar-refractivity contribution < 1.29 is 4.79 Å². The molecule has 0 aromatic heterocycles. The smallest absolute Gasteiger partial charge is 0.155 e. The summed E-state index contributed by atoms with van der Waals surface area (Å²) in [5, 5.41) is 0. The molecule has 2 heteroatoms. The maximum atomic E-state index is 12.0. The highest BCUT2D eigenvalue weighted by molar-refractivity contribution is 5.91. The highest BCUT2D eigenvalue weighted by atomic mass is 16.1. The zero-order valence-electron chi connectivity index (χ0n) is 8.22. The Morgan fingerprint density at radius 1 is 1.08 bits per heavy atom. The highest BCUT2D eigenvalue weighted by Crippen LogP contribution is 2.36. The van der Waals surface area contributed by atoms with Crippen LogP contribution in [0.1, 0.15) is 51.4 Å². The third-order valence-corrected chi connectivity index (χ3v) is 3.71. The molecule has 2 nitrogen and oxygen atoms in total. The molecule has 0 atom stereocenters. The van der Waals surface area contributed by atoms with Crippen molar-refractivity contribution in [2.75, 3.05) is 0 Å². The van der Waals surface area contributed by atoms with Gasteiger partial charge in [-0.25, -0.2) is 0 Å². The van der Waals surface area contributed by atoms with E-state index in [2.05, 4.69) is 0 Å². The standard InChI is InChI=1S/C11H19NO/c12-11(7-4-8-11)10(13)9-5-2-1-3-6-9/h9H,1-8,12H2. The first-order valence-electron chi connectivity index (χ1n) is 5.56. The Morgan fingerprint density at radius 2 is 1.69 bits per heavy atom. The molecule has 2 aliphatic rings. The summed E-state index contributed by atoms with van der Waals surface area (Å²) >= 11 is 0. The van der Waals surface area contributed by atoms with Gasteiger partial charge in [0, 0.05) is 5.92 Å². The lowest BCUT2D eigenvalue weighted by Crippen LogP contribution is -2.56. The van der Waals surface area contributed by atoms with Crippen molar-refractivity contribution in [2.45, 2.75) is 56.9 Å². The lowest BCUT2D eigenvalue weighted by Gasteiger charge is -2.39. The Hall–Kier alpha value is -0.370. The Morgan fingerprint density at radius 3 is 2.15 bits per heavy atom. The Labute approximate surface area is 79.9 Å². The fourth-order valence-electron chi connectivity index (χ4n) is 2.58. The van der Waals surface area contributed by atoms with E-state index in [1.165, 1.54) is 19.3 Å². The van der Waals surface area contributed by atoms with E-state index in [1.807, 2.05) is 0 Å². The highest BCUT2D eigenvalue weighted by Gasteiger charge is 2.42. The van der Waals surface area contributed by atoms with Crippen molar-refractivity contribution in [3.05, 3.63) is 0 Å². The lowest BCUT2D eigenvalue weighted by atomic mass is 9.68. The van der Waals surface area contributed by atoms with Gasteiger partial charge in [-0.1, -0.05) is 19.3 Å². The van der Waals surface area contributed by atoms with Gasteiger partial charge in [0.1, 0.15) is 0 Å². The van der Waals surface area contributed by atoms with E-state index in [-0.39, 0.29) is 0 Å². The van der Waals surface area contributed by atoms with Crippen LogP contribution in [-0.2, 0) is 4.79 Å². The summed E-state index contributed by atoms with van der Waals surface area (Å²) in [6, 6.07) is 0. The molecular weight excluding hydrogens is 162 g/mol. The lowest BCUT2D eigenvalue weighted by molar-refractivity contribution is -0.132. The molecule has 0 aliphatic heterocycles. The van der Waals surface area contributed by atoms with Gasteiger partial charge >= 0.3 is 0 Å². The van der Waals surface area contributed by atoms with Crippen molar-refractivity contribution in [1.82, 2.24) is 0 Å². The average molecular weight is 181 g/mol. The van der Waals surface area contributed by atoms with E-state index in [0.29, 0.717) is 11.7 Å². The van der Waals surface area contributed by atoms with Gasteiger partial charge in [0.05, 0.1) is 5.54 Å². The Bertz CT molecular complexity index is 202. The molecule has 0 amide bonds. The first-order chi connectivity index (χ1) is 6.22. The maximum absolute atomic E-state index is 12.0. The fourth-order valence-corrected chi connectivity index (χ4v) is 2.58. The van der Waals surface area contributed by atoms with Crippen LogP contribution in [0.15, 0.2) is 0 Å². The molecule has 13 heavy (non-hydrogen) atoms. The summed E-state index contributed by atoms with van der Waals surface area (Å²) in [4.78, 5) is 12.0. The molecule has 0 bridgehead atoms. The molecule has 0 spiro atoms. The topological polar surface area (TPSA) is 43.1 Å². The van der Waals surface area contributed by atoms with Crippen LogP contribution in [0.25, 0.3) is 0 Å². The van der Waals surface area contributed by atoms with Crippen molar-refractivity contribution in [1.29, 1.82) is 0 Å². The molecule has 2 saturated carbocycles. The van der Waals surface area contributed by atoms with E-state index in [0.717, 1.165) is 32.1 Å². The summed E-state index contributed by atoms with van der Waals surface area (Å²) in [6.45, 7) is 0. The minimum absolute atomic E-state index is 0.305. The fraction of sp³-hybridized carbons (Fsp3) is 0.909. The number of Topliss-reactive ketones (excluding diaryl/α,β-unsaturated/α-hetero) is 1. The van der Waals surface area contributed by atoms with Gasteiger partial charge in [-0.2, -0.15) is 0 Å². The van der Waals surface area contributed by atoms with Gasteiger partial charge in [-0.15, -0.1) is 0 Å². The molecule has 0 aromatic rings. The van der Waals surface area contributed by atoms with Crippen LogP contribution in [-0.4, -0.2) is 11.3 Å². The van der Waals surface area contributed by atoms with Gasteiger partial charge < -0.3 is 5.73 Å². The summed E-state index contributed by atoms with van der Waals surface area (Å²) in [5.41, 5.74) is 5.63. The Balaban J connectivity index is 1.95. The third kappa shape index (κ3) is 1.64. The second-order valence-corrected chi connectivity index (χ2v) is 4.71. The minimum atomic E-state index is -0.401. The number of rotatable bonds is 2. The molecule has 0 radical (unpaired) electrons. The molecule has 0 saturated heterocycles. The summed E-state index contributed by atoms with van der Waals surface area (Å²) in [7, 11) is 0. The van der Waals surface area contributed by atoms with Gasteiger partial charge in [0.15, 0.2) is 5.78 Å². The van der Waals surface area contributed by atoms with Crippen LogP contribution in [0.2, 0.25) is 0 Å². The minimum Gasteiger partial charge on any atom is -0.319 e.